The average molecular weight is 313 g/mol. The lowest BCUT2D eigenvalue weighted by Crippen LogP contribution is -2.15. The lowest BCUT2D eigenvalue weighted by atomic mass is 10.1. The molecular weight excluding hydrogens is 289 g/mol. The van der Waals surface area contributed by atoms with Crippen molar-refractivity contribution >= 4 is 23.6 Å². The van der Waals surface area contributed by atoms with E-state index in [0.717, 1.165) is 29.2 Å². The molecule has 0 aromatic heterocycles. The predicted molar refractivity (Wildman–Crippen MR) is 97.0 cm³/mol. The van der Waals surface area contributed by atoms with Crippen LogP contribution in [0.15, 0.2) is 65.4 Å². The van der Waals surface area contributed by atoms with Gasteiger partial charge in [0.15, 0.2) is 0 Å². The lowest BCUT2D eigenvalue weighted by Gasteiger charge is -2.16. The van der Waals surface area contributed by atoms with E-state index in [4.69, 9.17) is 4.76 Å². The Kier molecular flexibility index (Phi) is 6.15. The smallest absolute Gasteiger partial charge is 0.247 e. The minimum atomic E-state index is -2.94. The van der Waals surface area contributed by atoms with E-state index in [1.165, 1.54) is 12.8 Å². The fraction of sp³-hybridized carbons (Fsp3) is 0.316. The minimum absolute atomic E-state index is 0.802. The third-order valence-electron chi connectivity index (χ3n) is 3.67. The Hall–Kier alpha value is -1.66. The van der Waals surface area contributed by atoms with Crippen LogP contribution in [0.25, 0.3) is 0 Å². The summed E-state index contributed by atoms with van der Waals surface area (Å²) in [6.45, 7) is 4.18. The Labute approximate surface area is 133 Å². The Morgan fingerprint density at radius 3 is 1.86 bits per heavy atom. The van der Waals surface area contributed by atoms with Crippen LogP contribution in [0.4, 0.5) is 0 Å². The molecule has 0 spiro atoms. The molecule has 2 nitrogen and oxygen atoms in total. The van der Waals surface area contributed by atoms with Crippen molar-refractivity contribution < 1.29 is 4.57 Å². The third-order valence-corrected chi connectivity index (χ3v) is 6.29. The highest BCUT2D eigenvalue weighted by atomic mass is 31.2. The fourth-order valence-corrected chi connectivity index (χ4v) is 4.71. The quantitative estimate of drug-likeness (QED) is 0.404. The summed E-state index contributed by atoms with van der Waals surface area (Å²) in [7, 11) is -2.94. The topological polar surface area (TPSA) is 29.4 Å². The molecule has 3 heteroatoms. The average Bonchev–Trinajstić information content (AvgIpc) is 2.56. The van der Waals surface area contributed by atoms with Gasteiger partial charge in [0.05, 0.1) is 0 Å². The summed E-state index contributed by atoms with van der Waals surface area (Å²) in [6, 6.07) is 19.2. The van der Waals surface area contributed by atoms with Crippen molar-refractivity contribution in [2.24, 2.45) is 4.76 Å². The molecule has 0 saturated carbocycles. The number of hydrogen-bond acceptors (Lipinski definition) is 1. The van der Waals surface area contributed by atoms with Crippen molar-refractivity contribution in [3.8, 4) is 0 Å². The number of nitrogens with zero attached hydrogens (tertiary/aromatic N) is 1. The molecule has 0 unspecified atom stereocenters. The van der Waals surface area contributed by atoms with Gasteiger partial charge in [0.25, 0.3) is 0 Å². The minimum Gasteiger partial charge on any atom is -0.288 e. The van der Waals surface area contributed by atoms with Crippen LogP contribution >= 0.6 is 7.29 Å². The van der Waals surface area contributed by atoms with Gasteiger partial charge in [0.2, 0.25) is 7.29 Å². The number of benzene rings is 2. The zero-order chi connectivity index (χ0) is 15.8. The number of unbranched alkanes of at least 4 members (excludes halogenated alkanes) is 2. The van der Waals surface area contributed by atoms with Gasteiger partial charge >= 0.3 is 0 Å². The van der Waals surface area contributed by atoms with E-state index >= 15 is 0 Å². The second kappa shape index (κ2) is 8.10. The van der Waals surface area contributed by atoms with E-state index in [1.54, 1.807) is 0 Å². The van der Waals surface area contributed by atoms with Crippen molar-refractivity contribution in [1.29, 1.82) is 0 Å². The zero-order valence-electron chi connectivity index (χ0n) is 13.4. The molecule has 0 fully saturated rings. The summed E-state index contributed by atoms with van der Waals surface area (Å²) in [5.74, 6) is 0. The van der Waals surface area contributed by atoms with Crippen molar-refractivity contribution in [2.45, 2.75) is 39.5 Å². The SMILES string of the molecule is CCCCC/C(C)=N/P(=O)(c1ccccc1)c1ccccc1. The molecule has 0 atom stereocenters. The van der Waals surface area contributed by atoms with Crippen LogP contribution in [-0.2, 0) is 4.57 Å². The molecule has 116 valence electrons. The molecule has 0 saturated heterocycles. The number of rotatable bonds is 7. The van der Waals surface area contributed by atoms with Crippen LogP contribution in [0.1, 0.15) is 39.5 Å². The van der Waals surface area contributed by atoms with Crippen LogP contribution in [0, 0.1) is 0 Å². The fourth-order valence-electron chi connectivity index (χ4n) is 2.45. The Bertz CT molecular complexity index is 606. The summed E-state index contributed by atoms with van der Waals surface area (Å²) in [4.78, 5) is 0. The van der Waals surface area contributed by atoms with Gasteiger partial charge in [0.1, 0.15) is 0 Å². The van der Waals surface area contributed by atoms with Crippen LogP contribution < -0.4 is 10.6 Å². The van der Waals surface area contributed by atoms with Crippen LogP contribution in [-0.4, -0.2) is 5.71 Å². The van der Waals surface area contributed by atoms with E-state index < -0.39 is 7.29 Å². The molecule has 2 aromatic rings. The molecule has 22 heavy (non-hydrogen) atoms. The van der Waals surface area contributed by atoms with Gasteiger partial charge in [-0.25, -0.2) is 4.76 Å². The van der Waals surface area contributed by atoms with E-state index in [9.17, 15) is 4.57 Å². The van der Waals surface area contributed by atoms with E-state index in [1.807, 2.05) is 67.6 Å². The first-order valence-corrected chi connectivity index (χ1v) is 9.59. The molecule has 0 aliphatic heterocycles. The molecule has 0 radical (unpaired) electrons. The van der Waals surface area contributed by atoms with Crippen molar-refractivity contribution in [3.63, 3.8) is 0 Å². The molecule has 0 N–H and O–H groups in total. The van der Waals surface area contributed by atoms with Crippen LogP contribution in [0.3, 0.4) is 0 Å². The molecule has 2 rings (SSSR count). The third kappa shape index (κ3) is 4.18. The lowest BCUT2D eigenvalue weighted by molar-refractivity contribution is 0.588. The Balaban J connectivity index is 2.39. The first kappa shape index (κ1) is 16.7. The van der Waals surface area contributed by atoms with E-state index in [-0.39, 0.29) is 0 Å². The summed E-state index contributed by atoms with van der Waals surface area (Å²) < 4.78 is 18.4. The van der Waals surface area contributed by atoms with Gasteiger partial charge in [-0.2, -0.15) is 0 Å². The largest absolute Gasteiger partial charge is 0.288 e. The molecule has 2 aromatic carbocycles. The predicted octanol–water partition coefficient (Wildman–Crippen LogP) is 4.96. The van der Waals surface area contributed by atoms with Crippen LogP contribution in [0.2, 0.25) is 0 Å². The molecule has 0 amide bonds. The highest BCUT2D eigenvalue weighted by Gasteiger charge is 2.26. The number of hydrogen-bond donors (Lipinski definition) is 0. The summed E-state index contributed by atoms with van der Waals surface area (Å²) in [5.41, 5.74) is 0.976. The van der Waals surface area contributed by atoms with Gasteiger partial charge in [-0.1, -0.05) is 56.2 Å². The van der Waals surface area contributed by atoms with Gasteiger partial charge < -0.3 is 0 Å². The highest BCUT2D eigenvalue weighted by molar-refractivity contribution is 7.77. The van der Waals surface area contributed by atoms with Gasteiger partial charge in [0, 0.05) is 16.3 Å². The Morgan fingerprint density at radius 1 is 0.909 bits per heavy atom. The highest BCUT2D eigenvalue weighted by Crippen LogP contribution is 2.45. The second-order valence-corrected chi connectivity index (χ2v) is 7.92. The molecule has 0 heterocycles. The second-order valence-electron chi connectivity index (χ2n) is 5.54. The maximum Gasteiger partial charge on any atom is 0.247 e. The van der Waals surface area contributed by atoms with Crippen LogP contribution in [0.5, 0.6) is 0 Å². The Morgan fingerprint density at radius 2 is 1.41 bits per heavy atom. The first-order valence-electron chi connectivity index (χ1n) is 7.94. The molecule has 0 aliphatic rings. The maximum absolute atomic E-state index is 13.7. The van der Waals surface area contributed by atoms with Gasteiger partial charge in [-0.15, -0.1) is 0 Å². The van der Waals surface area contributed by atoms with E-state index in [0.29, 0.717) is 0 Å². The normalized spacial score (nSPS) is 12.4. The van der Waals surface area contributed by atoms with Crippen molar-refractivity contribution in [3.05, 3.63) is 60.7 Å². The maximum atomic E-state index is 13.7. The first-order chi connectivity index (χ1) is 10.7. The van der Waals surface area contributed by atoms with Gasteiger partial charge in [-0.3, -0.25) is 4.57 Å². The summed E-state index contributed by atoms with van der Waals surface area (Å²) in [5, 5.41) is 1.60. The molecule has 0 bridgehead atoms. The van der Waals surface area contributed by atoms with Gasteiger partial charge in [-0.05, 0) is 44.0 Å². The summed E-state index contributed by atoms with van der Waals surface area (Å²) >= 11 is 0. The molecule has 0 aliphatic carbocycles. The van der Waals surface area contributed by atoms with Crippen molar-refractivity contribution in [1.82, 2.24) is 0 Å². The van der Waals surface area contributed by atoms with E-state index in [2.05, 4.69) is 6.92 Å². The summed E-state index contributed by atoms with van der Waals surface area (Å²) in [6.07, 6.45) is 4.39. The molecular formula is C19H24NOP. The zero-order valence-corrected chi connectivity index (χ0v) is 14.3. The standard InChI is InChI=1S/C19H24NOP/c1-3-4-7-12-17(2)20-22(21,18-13-8-5-9-14-18)19-15-10-6-11-16-19/h5-6,8-11,13-16H,3-4,7,12H2,1-2H3/b20-17+. The van der Waals surface area contributed by atoms with Crippen molar-refractivity contribution in [2.75, 3.05) is 0 Å². The monoisotopic (exact) mass is 313 g/mol.